The number of methoxy groups -OCH3 is 1. The number of aliphatic hydroxyl groups excluding tert-OH is 1. The number of furan rings is 1. The average molecular weight is 402 g/mol. The Labute approximate surface area is 161 Å². The maximum Gasteiger partial charge on any atom is 0.343 e. The van der Waals surface area contributed by atoms with Crippen LogP contribution in [0, 0.1) is 0 Å². The number of ether oxygens (including phenoxy) is 1. The predicted octanol–water partition coefficient (Wildman–Crippen LogP) is 2.56. The van der Waals surface area contributed by atoms with Gasteiger partial charge in [-0.25, -0.2) is 22.9 Å². The molecule has 0 amide bonds. The van der Waals surface area contributed by atoms with Crippen molar-refractivity contribution in [3.8, 4) is 0 Å². The van der Waals surface area contributed by atoms with E-state index in [1.165, 1.54) is 25.3 Å². The van der Waals surface area contributed by atoms with Crippen LogP contribution in [-0.4, -0.2) is 32.3 Å². The number of carbonyl (C=O) groups is 1. The number of aliphatic hydroxyl groups is 1. The number of benzene rings is 1. The molecule has 1 aromatic carbocycles. The fourth-order valence-corrected chi connectivity index (χ4v) is 3.60. The highest BCUT2D eigenvalue weighted by Crippen LogP contribution is 2.26. The molecule has 0 radical (unpaired) electrons. The maximum atomic E-state index is 12.2. The van der Waals surface area contributed by atoms with Gasteiger partial charge in [-0.2, -0.15) is 0 Å². The summed E-state index contributed by atoms with van der Waals surface area (Å²) in [5.74, 6) is -0.260. The van der Waals surface area contributed by atoms with Crippen LogP contribution in [-0.2, 0) is 26.1 Å². The van der Waals surface area contributed by atoms with E-state index in [1.54, 1.807) is 37.3 Å². The van der Waals surface area contributed by atoms with E-state index in [0.29, 0.717) is 17.2 Å². The lowest BCUT2D eigenvalue weighted by molar-refractivity contribution is -0.135. The fraction of sp³-hybridized carbons (Fsp3) is 0.158. The minimum absolute atomic E-state index is 0.00356. The Bertz CT molecular complexity index is 1090. The minimum atomic E-state index is -3.65. The summed E-state index contributed by atoms with van der Waals surface area (Å²) in [6.07, 6.45) is 1.45. The van der Waals surface area contributed by atoms with Crippen LogP contribution >= 0.6 is 0 Å². The largest absolute Gasteiger partial charge is 0.505 e. The van der Waals surface area contributed by atoms with Crippen molar-refractivity contribution in [2.75, 3.05) is 7.11 Å². The number of nitrogens with one attached hydrogen (secondary N) is 1. The van der Waals surface area contributed by atoms with E-state index >= 15 is 0 Å². The zero-order chi connectivity index (χ0) is 20.3. The molecule has 2 heterocycles. The number of hydrogen-bond acceptors (Lipinski definition) is 7. The van der Waals surface area contributed by atoms with Gasteiger partial charge < -0.3 is 14.3 Å². The lowest BCUT2D eigenvalue weighted by Gasteiger charge is -2.04. The summed E-state index contributed by atoms with van der Waals surface area (Å²) in [6, 6.07) is 11.2. The normalized spacial score (nSPS) is 15.8. The second-order valence-electron chi connectivity index (χ2n) is 5.88. The van der Waals surface area contributed by atoms with Gasteiger partial charge in [-0.3, -0.25) is 0 Å². The molecule has 0 saturated carbocycles. The molecule has 1 aliphatic rings. The first-order chi connectivity index (χ1) is 13.3. The number of carbonyl (C=O) groups excluding carboxylic acids is 1. The van der Waals surface area contributed by atoms with Crippen molar-refractivity contribution in [2.24, 2.45) is 4.99 Å². The molecule has 2 aromatic rings. The topological polar surface area (TPSA) is 118 Å². The first-order valence-electron chi connectivity index (χ1n) is 8.24. The van der Waals surface area contributed by atoms with Gasteiger partial charge >= 0.3 is 5.97 Å². The third-order valence-electron chi connectivity index (χ3n) is 3.97. The zero-order valence-corrected chi connectivity index (χ0v) is 16.0. The highest BCUT2D eigenvalue weighted by Gasteiger charge is 2.27. The molecule has 0 atom stereocenters. The first kappa shape index (κ1) is 19.6. The Hall–Kier alpha value is -3.17. The van der Waals surface area contributed by atoms with Crippen molar-refractivity contribution >= 4 is 27.8 Å². The smallest absolute Gasteiger partial charge is 0.343 e. The highest BCUT2D eigenvalue weighted by molar-refractivity contribution is 7.89. The van der Waals surface area contributed by atoms with Crippen molar-refractivity contribution in [3.05, 3.63) is 71.0 Å². The standard InChI is InChI=1S/C19H18N2O6S/c1-12-17(19(23)26-2)18(22)16(21-12)10-13-8-9-14(27-13)11-20-28(24,25)15-6-4-3-5-7-15/h3-10,20,22H,11H2,1-2H3/b16-10-. The van der Waals surface area contributed by atoms with Gasteiger partial charge in [0.1, 0.15) is 22.8 Å². The number of aliphatic imine (C=N–C) groups is 1. The van der Waals surface area contributed by atoms with Crippen molar-refractivity contribution in [1.82, 2.24) is 4.72 Å². The fourth-order valence-electron chi connectivity index (χ4n) is 2.59. The van der Waals surface area contributed by atoms with Gasteiger partial charge in [0, 0.05) is 6.08 Å². The third kappa shape index (κ3) is 4.05. The summed E-state index contributed by atoms with van der Waals surface area (Å²) in [5, 5.41) is 10.2. The van der Waals surface area contributed by atoms with Crippen LogP contribution in [0.25, 0.3) is 6.08 Å². The molecule has 2 N–H and O–H groups in total. The number of rotatable bonds is 6. The molecule has 28 heavy (non-hydrogen) atoms. The molecule has 1 aromatic heterocycles. The molecular formula is C19H18N2O6S. The number of nitrogens with zero attached hydrogens (tertiary/aromatic N) is 1. The Kier molecular flexibility index (Phi) is 5.48. The van der Waals surface area contributed by atoms with E-state index in [2.05, 4.69) is 14.5 Å². The van der Waals surface area contributed by atoms with Crippen molar-refractivity contribution in [1.29, 1.82) is 0 Å². The van der Waals surface area contributed by atoms with E-state index in [-0.39, 0.29) is 28.5 Å². The Morgan fingerprint density at radius 1 is 1.25 bits per heavy atom. The van der Waals surface area contributed by atoms with Crippen LogP contribution in [0.5, 0.6) is 0 Å². The molecule has 0 aliphatic carbocycles. The van der Waals surface area contributed by atoms with Crippen LogP contribution < -0.4 is 4.72 Å². The quantitative estimate of drug-likeness (QED) is 0.717. The maximum absolute atomic E-state index is 12.2. The molecule has 8 nitrogen and oxygen atoms in total. The Morgan fingerprint density at radius 2 is 1.96 bits per heavy atom. The summed E-state index contributed by atoms with van der Waals surface area (Å²) < 4.78 is 37.1. The predicted molar refractivity (Wildman–Crippen MR) is 102 cm³/mol. The molecular weight excluding hydrogens is 384 g/mol. The number of sulfonamides is 1. The third-order valence-corrected chi connectivity index (χ3v) is 5.39. The van der Waals surface area contributed by atoms with Gasteiger partial charge in [-0.1, -0.05) is 18.2 Å². The summed E-state index contributed by atoms with van der Waals surface area (Å²) in [5.41, 5.74) is 0.484. The summed E-state index contributed by atoms with van der Waals surface area (Å²) >= 11 is 0. The second kappa shape index (κ2) is 7.83. The number of esters is 1. The van der Waals surface area contributed by atoms with Crippen molar-refractivity contribution in [3.63, 3.8) is 0 Å². The molecule has 0 unspecified atom stereocenters. The molecule has 0 spiro atoms. The van der Waals surface area contributed by atoms with Crippen LogP contribution in [0.3, 0.4) is 0 Å². The highest BCUT2D eigenvalue weighted by atomic mass is 32.2. The van der Waals surface area contributed by atoms with E-state index in [0.717, 1.165) is 0 Å². The second-order valence-corrected chi connectivity index (χ2v) is 7.65. The van der Waals surface area contributed by atoms with Crippen molar-refractivity contribution < 1.29 is 27.5 Å². The number of hydrogen-bond donors (Lipinski definition) is 2. The van der Waals surface area contributed by atoms with E-state index in [1.807, 2.05) is 0 Å². The summed E-state index contributed by atoms with van der Waals surface area (Å²) in [4.78, 5) is 16.0. The molecule has 9 heteroatoms. The molecule has 0 fully saturated rings. The van der Waals surface area contributed by atoms with Gasteiger partial charge in [0.05, 0.1) is 24.3 Å². The average Bonchev–Trinajstić information content (AvgIpc) is 3.24. The summed E-state index contributed by atoms with van der Waals surface area (Å²) in [6.45, 7) is 1.53. The van der Waals surface area contributed by atoms with Crippen LogP contribution in [0.1, 0.15) is 18.4 Å². The van der Waals surface area contributed by atoms with Gasteiger partial charge in [-0.05, 0) is 31.2 Å². The SMILES string of the molecule is COC(=O)C1=C(O)/C(=C/c2ccc(CNS(=O)(=O)c3ccccc3)o2)N=C1C. The van der Waals surface area contributed by atoms with Gasteiger partial charge in [-0.15, -0.1) is 0 Å². The molecule has 1 aliphatic heterocycles. The van der Waals surface area contributed by atoms with Gasteiger partial charge in [0.25, 0.3) is 0 Å². The minimum Gasteiger partial charge on any atom is -0.505 e. The van der Waals surface area contributed by atoms with Crippen LogP contribution in [0.4, 0.5) is 0 Å². The van der Waals surface area contributed by atoms with Crippen molar-refractivity contribution in [2.45, 2.75) is 18.4 Å². The molecule has 3 rings (SSSR count). The Balaban J connectivity index is 1.74. The van der Waals surface area contributed by atoms with Crippen LogP contribution in [0.15, 0.2) is 73.8 Å². The monoisotopic (exact) mass is 402 g/mol. The molecule has 0 bridgehead atoms. The lowest BCUT2D eigenvalue weighted by atomic mass is 10.1. The summed E-state index contributed by atoms with van der Waals surface area (Å²) in [7, 11) is -2.44. The molecule has 146 valence electrons. The Morgan fingerprint density at radius 3 is 2.64 bits per heavy atom. The van der Waals surface area contributed by atoms with Gasteiger partial charge in [0.2, 0.25) is 10.0 Å². The van der Waals surface area contributed by atoms with E-state index < -0.39 is 16.0 Å². The van der Waals surface area contributed by atoms with Gasteiger partial charge in [0.15, 0.2) is 5.76 Å². The molecule has 0 saturated heterocycles. The zero-order valence-electron chi connectivity index (χ0n) is 15.2. The van der Waals surface area contributed by atoms with Crippen LogP contribution in [0.2, 0.25) is 0 Å². The van der Waals surface area contributed by atoms with E-state index in [9.17, 15) is 18.3 Å². The van der Waals surface area contributed by atoms with E-state index in [4.69, 9.17) is 4.42 Å². The first-order valence-corrected chi connectivity index (χ1v) is 9.73. The lowest BCUT2D eigenvalue weighted by Crippen LogP contribution is -2.22.